The standard InChI is InChI=1S/C21H21ClN2O3S2/c1-3-11-23(13-14-8-9-18(22)29-14)21(27)17(10-12-28-2)24-19(25)15-6-4-5-7-16(15)20(24)26/h3-9,17H,1,10-13H2,2H3. The van der Waals surface area contributed by atoms with Crippen LogP contribution in [0.4, 0.5) is 0 Å². The van der Waals surface area contributed by atoms with E-state index in [1.807, 2.05) is 12.3 Å². The number of amides is 3. The summed E-state index contributed by atoms with van der Waals surface area (Å²) < 4.78 is 0.644. The maximum Gasteiger partial charge on any atom is 0.262 e. The van der Waals surface area contributed by atoms with Crippen molar-refractivity contribution in [3.05, 3.63) is 69.4 Å². The highest BCUT2D eigenvalue weighted by atomic mass is 35.5. The summed E-state index contributed by atoms with van der Waals surface area (Å²) in [5, 5.41) is 0. The van der Waals surface area contributed by atoms with Gasteiger partial charge in [-0.15, -0.1) is 17.9 Å². The molecule has 0 aliphatic carbocycles. The van der Waals surface area contributed by atoms with Crippen LogP contribution in [0.5, 0.6) is 0 Å². The maximum absolute atomic E-state index is 13.5. The summed E-state index contributed by atoms with van der Waals surface area (Å²) in [5.41, 5.74) is 0.694. The molecule has 1 aliphatic rings. The van der Waals surface area contributed by atoms with E-state index in [2.05, 4.69) is 6.58 Å². The van der Waals surface area contributed by atoms with Crippen molar-refractivity contribution in [2.75, 3.05) is 18.6 Å². The highest BCUT2D eigenvalue weighted by Crippen LogP contribution is 2.28. The summed E-state index contributed by atoms with van der Waals surface area (Å²) >= 11 is 8.99. The van der Waals surface area contributed by atoms with Gasteiger partial charge in [0.25, 0.3) is 11.8 Å². The minimum atomic E-state index is -0.856. The van der Waals surface area contributed by atoms with E-state index in [1.165, 1.54) is 11.3 Å². The second-order valence-corrected chi connectivity index (χ2v) is 9.32. The summed E-state index contributed by atoms with van der Waals surface area (Å²) in [6.45, 7) is 4.40. The molecule has 1 aromatic carbocycles. The molecule has 2 aromatic rings. The number of benzene rings is 1. The van der Waals surface area contributed by atoms with Gasteiger partial charge < -0.3 is 4.90 Å². The molecule has 5 nitrogen and oxygen atoms in total. The molecule has 8 heteroatoms. The average Bonchev–Trinajstić information content (AvgIpc) is 3.24. The molecule has 0 spiro atoms. The Morgan fingerprint density at radius 1 is 1.24 bits per heavy atom. The van der Waals surface area contributed by atoms with Crippen molar-refractivity contribution < 1.29 is 14.4 Å². The summed E-state index contributed by atoms with van der Waals surface area (Å²) in [4.78, 5) is 43.0. The van der Waals surface area contributed by atoms with E-state index < -0.39 is 17.9 Å². The number of thiophene rings is 1. The quantitative estimate of drug-likeness (QED) is 0.423. The number of fused-ring (bicyclic) bond motifs is 1. The van der Waals surface area contributed by atoms with Crippen LogP contribution in [-0.4, -0.2) is 52.1 Å². The first-order chi connectivity index (χ1) is 14.0. The fourth-order valence-electron chi connectivity index (χ4n) is 3.31. The average molecular weight is 449 g/mol. The highest BCUT2D eigenvalue weighted by molar-refractivity contribution is 7.98. The van der Waals surface area contributed by atoms with Gasteiger partial charge in [-0.2, -0.15) is 11.8 Å². The van der Waals surface area contributed by atoms with E-state index in [-0.39, 0.29) is 5.91 Å². The van der Waals surface area contributed by atoms with Gasteiger partial charge in [0.05, 0.1) is 22.0 Å². The molecule has 2 heterocycles. The predicted molar refractivity (Wildman–Crippen MR) is 119 cm³/mol. The van der Waals surface area contributed by atoms with Crippen LogP contribution in [0.1, 0.15) is 32.0 Å². The van der Waals surface area contributed by atoms with Crippen molar-refractivity contribution in [3.63, 3.8) is 0 Å². The van der Waals surface area contributed by atoms with Crippen LogP contribution in [0.15, 0.2) is 49.1 Å². The number of rotatable bonds is 9. The molecule has 29 heavy (non-hydrogen) atoms. The Hall–Kier alpha value is -2.09. The minimum Gasteiger partial charge on any atom is -0.332 e. The lowest BCUT2D eigenvalue weighted by Crippen LogP contribution is -2.51. The molecular formula is C21H21ClN2O3S2. The van der Waals surface area contributed by atoms with Crippen molar-refractivity contribution >= 4 is 52.4 Å². The first-order valence-electron chi connectivity index (χ1n) is 9.07. The van der Waals surface area contributed by atoms with Crippen molar-refractivity contribution in [1.29, 1.82) is 0 Å². The molecule has 152 valence electrons. The van der Waals surface area contributed by atoms with E-state index in [0.717, 1.165) is 9.78 Å². The zero-order valence-corrected chi connectivity index (χ0v) is 18.4. The van der Waals surface area contributed by atoms with E-state index >= 15 is 0 Å². The SMILES string of the molecule is C=CCN(Cc1ccc(Cl)s1)C(=O)C(CCSC)N1C(=O)c2ccccc2C1=O. The first-order valence-corrected chi connectivity index (χ1v) is 11.7. The third-order valence-electron chi connectivity index (χ3n) is 4.65. The van der Waals surface area contributed by atoms with E-state index in [0.29, 0.717) is 40.7 Å². The van der Waals surface area contributed by atoms with E-state index in [9.17, 15) is 14.4 Å². The number of nitrogens with zero attached hydrogens (tertiary/aromatic N) is 2. The monoisotopic (exact) mass is 448 g/mol. The summed E-state index contributed by atoms with van der Waals surface area (Å²) in [6, 6.07) is 9.49. The van der Waals surface area contributed by atoms with Crippen molar-refractivity contribution in [2.45, 2.75) is 19.0 Å². The number of carbonyl (C=O) groups excluding carboxylic acids is 3. The molecule has 0 bridgehead atoms. The molecule has 0 fully saturated rings. The van der Waals surface area contributed by atoms with Gasteiger partial charge in [0.1, 0.15) is 6.04 Å². The van der Waals surface area contributed by atoms with E-state index in [1.54, 1.807) is 53.1 Å². The molecule has 1 aliphatic heterocycles. The number of halogens is 1. The lowest BCUT2D eigenvalue weighted by molar-refractivity contribution is -0.135. The number of hydrogen-bond acceptors (Lipinski definition) is 5. The molecule has 1 atom stereocenters. The number of thioether (sulfide) groups is 1. The summed E-state index contributed by atoms with van der Waals surface area (Å²) in [6.07, 6.45) is 3.96. The van der Waals surface area contributed by atoms with Crippen LogP contribution >= 0.6 is 34.7 Å². The molecule has 3 amide bonds. The smallest absolute Gasteiger partial charge is 0.262 e. The third kappa shape index (κ3) is 4.57. The van der Waals surface area contributed by atoms with Crippen LogP contribution in [0.3, 0.4) is 0 Å². The van der Waals surface area contributed by atoms with Gasteiger partial charge in [-0.05, 0) is 42.7 Å². The second kappa shape index (κ2) is 9.61. The Labute approximate surface area is 183 Å². The summed E-state index contributed by atoms with van der Waals surface area (Å²) in [7, 11) is 0. The number of carbonyl (C=O) groups is 3. The molecule has 0 saturated carbocycles. The largest absolute Gasteiger partial charge is 0.332 e. The van der Waals surface area contributed by atoms with Crippen LogP contribution in [0.25, 0.3) is 0 Å². The lowest BCUT2D eigenvalue weighted by atomic mass is 10.1. The van der Waals surface area contributed by atoms with Gasteiger partial charge in [-0.1, -0.05) is 29.8 Å². The van der Waals surface area contributed by atoms with Gasteiger partial charge in [0.15, 0.2) is 0 Å². The Morgan fingerprint density at radius 2 is 1.90 bits per heavy atom. The molecule has 0 radical (unpaired) electrons. The van der Waals surface area contributed by atoms with Crippen molar-refractivity contribution in [3.8, 4) is 0 Å². The molecule has 0 saturated heterocycles. The van der Waals surface area contributed by atoms with Crippen LogP contribution in [0, 0.1) is 0 Å². The molecule has 0 N–H and O–H groups in total. The number of imide groups is 1. The van der Waals surface area contributed by atoms with Gasteiger partial charge in [-0.25, -0.2) is 0 Å². The Balaban J connectivity index is 1.90. The van der Waals surface area contributed by atoms with Gasteiger partial charge in [-0.3, -0.25) is 19.3 Å². The van der Waals surface area contributed by atoms with E-state index in [4.69, 9.17) is 11.6 Å². The molecule has 1 unspecified atom stereocenters. The minimum absolute atomic E-state index is 0.266. The third-order valence-corrected chi connectivity index (χ3v) is 6.51. The normalized spacial score (nSPS) is 14.1. The Bertz CT molecular complexity index is 909. The van der Waals surface area contributed by atoms with Crippen molar-refractivity contribution in [1.82, 2.24) is 9.80 Å². The van der Waals surface area contributed by atoms with Gasteiger partial charge in [0, 0.05) is 11.4 Å². The predicted octanol–water partition coefficient (Wildman–Crippen LogP) is 4.33. The topological polar surface area (TPSA) is 57.7 Å². The number of hydrogen-bond donors (Lipinski definition) is 0. The van der Waals surface area contributed by atoms with Crippen LogP contribution in [-0.2, 0) is 11.3 Å². The fraction of sp³-hybridized carbons (Fsp3) is 0.286. The summed E-state index contributed by atoms with van der Waals surface area (Å²) in [5.74, 6) is -0.445. The molecule has 1 aromatic heterocycles. The molecule has 3 rings (SSSR count). The lowest BCUT2D eigenvalue weighted by Gasteiger charge is -2.30. The van der Waals surface area contributed by atoms with Crippen molar-refractivity contribution in [2.24, 2.45) is 0 Å². The fourth-order valence-corrected chi connectivity index (χ4v) is 4.87. The molecular weight excluding hydrogens is 428 g/mol. The Kier molecular flexibility index (Phi) is 7.16. The highest BCUT2D eigenvalue weighted by Gasteiger charge is 2.43. The second-order valence-electron chi connectivity index (χ2n) is 6.54. The zero-order valence-electron chi connectivity index (χ0n) is 16.0. The Morgan fingerprint density at radius 3 is 2.41 bits per heavy atom. The maximum atomic E-state index is 13.5. The van der Waals surface area contributed by atoms with Crippen LogP contribution in [0.2, 0.25) is 4.34 Å². The first kappa shape index (κ1) is 21.6. The van der Waals surface area contributed by atoms with Gasteiger partial charge >= 0.3 is 0 Å². The van der Waals surface area contributed by atoms with Gasteiger partial charge in [0.2, 0.25) is 5.91 Å². The van der Waals surface area contributed by atoms with Crippen LogP contribution < -0.4 is 0 Å². The zero-order chi connectivity index (χ0) is 21.0.